The number of unbranched alkanes of at least 4 members (excludes halogenated alkanes) is 24. The summed E-state index contributed by atoms with van der Waals surface area (Å²) >= 11 is 0. The summed E-state index contributed by atoms with van der Waals surface area (Å²) in [4.78, 5) is 51.1. The third-order valence-electron chi connectivity index (χ3n) is 16.9. The molecule has 8 heteroatoms. The van der Waals surface area contributed by atoms with Gasteiger partial charge in [0.2, 0.25) is 0 Å². The molecule has 0 aliphatic heterocycles. The molecule has 0 N–H and O–H groups in total. The summed E-state index contributed by atoms with van der Waals surface area (Å²) in [5.74, 6) is 1.43. The number of ether oxygens (including phenoxy) is 4. The molecule has 0 amide bonds. The average molecular weight is 925 g/mol. The first-order chi connectivity index (χ1) is 32.1. The summed E-state index contributed by atoms with van der Waals surface area (Å²) in [6, 6.07) is 0. The van der Waals surface area contributed by atoms with Crippen molar-refractivity contribution in [1.29, 1.82) is 0 Å². The number of hydrogen-bond donors (Lipinski definition) is 0. The summed E-state index contributed by atoms with van der Waals surface area (Å²) in [7, 11) is 0. The first-order valence-electron chi connectivity index (χ1n) is 28.5. The first-order valence-corrected chi connectivity index (χ1v) is 28.5. The zero-order chi connectivity index (χ0) is 47.3. The van der Waals surface area contributed by atoms with Gasteiger partial charge in [-0.3, -0.25) is 19.2 Å². The lowest BCUT2D eigenvalue weighted by molar-refractivity contribution is -0.160. The van der Waals surface area contributed by atoms with Gasteiger partial charge in [0.15, 0.2) is 5.78 Å². The lowest BCUT2D eigenvalue weighted by atomic mass is 9.47. The van der Waals surface area contributed by atoms with Crippen LogP contribution in [0.15, 0.2) is 11.6 Å². The number of carbonyl (C=O) groups is 4. The van der Waals surface area contributed by atoms with Gasteiger partial charge < -0.3 is 18.9 Å². The van der Waals surface area contributed by atoms with Crippen molar-refractivity contribution in [2.75, 3.05) is 19.8 Å². The Kier molecular flexibility index (Phi) is 27.8. The Hall–Kier alpha value is -2.22. The van der Waals surface area contributed by atoms with Crippen molar-refractivity contribution < 1.29 is 38.1 Å². The predicted molar refractivity (Wildman–Crippen MR) is 268 cm³/mol. The SMILES string of the molecule is CCCCCCCCCCCCCCCC(=O)OCC(COC(=O)CCCCCCCCCCCCCCC)OCCCC(=O)O[C@H]1CC[C@H]2[C@@H]3CCC4=CC(=O)CC[C@]4(C)[C@H]3CC[C@]12C. The van der Waals surface area contributed by atoms with E-state index >= 15 is 0 Å². The molecule has 3 fully saturated rings. The Morgan fingerprint density at radius 1 is 0.545 bits per heavy atom. The molecule has 66 heavy (non-hydrogen) atoms. The van der Waals surface area contributed by atoms with Crippen molar-refractivity contribution in [1.82, 2.24) is 0 Å². The molecular formula is C58H100O8. The maximum Gasteiger partial charge on any atom is 0.306 e. The standard InChI is InChI=1S/C58H100O8/c1-5-7-9-11-13-15-17-19-21-23-25-27-29-32-54(60)64-45-49(46-65-55(61)33-30-28-26-24-22-20-18-16-14-12-10-8-6-2)63-43-31-34-56(62)66-53-38-37-51-50-36-35-47-44-48(59)39-41-57(47,3)52(50)40-42-58(51,53)4/h44,49-53H,5-43,45-46H2,1-4H3/t50-,51-,52-,53-,57-,58-/m0/s1. The highest BCUT2D eigenvalue weighted by Crippen LogP contribution is 2.65. The van der Waals surface area contributed by atoms with Gasteiger partial charge in [0.05, 0.1) is 0 Å². The summed E-state index contributed by atoms with van der Waals surface area (Å²) in [6.07, 6.45) is 43.5. The van der Waals surface area contributed by atoms with Crippen LogP contribution in [0.4, 0.5) is 0 Å². The fourth-order valence-electron chi connectivity index (χ4n) is 12.6. The maximum absolute atomic E-state index is 13.3. The number of esters is 3. The van der Waals surface area contributed by atoms with Crippen molar-refractivity contribution in [2.24, 2.45) is 28.6 Å². The molecule has 0 spiro atoms. The van der Waals surface area contributed by atoms with E-state index in [0.29, 0.717) is 49.2 Å². The molecule has 0 aromatic carbocycles. The minimum Gasteiger partial charge on any atom is -0.463 e. The van der Waals surface area contributed by atoms with E-state index in [2.05, 4.69) is 27.7 Å². The van der Waals surface area contributed by atoms with E-state index in [1.165, 1.54) is 134 Å². The number of hydrogen-bond acceptors (Lipinski definition) is 8. The van der Waals surface area contributed by atoms with Crippen molar-refractivity contribution in [3.63, 3.8) is 0 Å². The fraction of sp³-hybridized carbons (Fsp3) is 0.897. The van der Waals surface area contributed by atoms with E-state index in [1.54, 1.807) is 0 Å². The lowest BCUT2D eigenvalue weighted by Gasteiger charge is -2.57. The van der Waals surface area contributed by atoms with Crippen LogP contribution in [0.2, 0.25) is 0 Å². The van der Waals surface area contributed by atoms with Crippen LogP contribution < -0.4 is 0 Å². The molecule has 0 bridgehead atoms. The van der Waals surface area contributed by atoms with Crippen LogP contribution in [0.3, 0.4) is 0 Å². The lowest BCUT2D eigenvalue weighted by Crippen LogP contribution is -2.51. The molecule has 0 unspecified atom stereocenters. The molecule has 0 heterocycles. The number of rotatable bonds is 38. The quantitative estimate of drug-likeness (QED) is 0.0342. The number of allylic oxidation sites excluding steroid dienone is 1. The molecule has 0 radical (unpaired) electrons. The second-order valence-electron chi connectivity index (χ2n) is 22.0. The van der Waals surface area contributed by atoms with Gasteiger partial charge in [-0.1, -0.05) is 187 Å². The van der Waals surface area contributed by atoms with Gasteiger partial charge in [-0.2, -0.15) is 0 Å². The van der Waals surface area contributed by atoms with E-state index in [1.807, 2.05) is 6.08 Å². The monoisotopic (exact) mass is 925 g/mol. The highest BCUT2D eigenvalue weighted by molar-refractivity contribution is 5.91. The van der Waals surface area contributed by atoms with Gasteiger partial charge in [0.1, 0.15) is 25.4 Å². The van der Waals surface area contributed by atoms with Crippen LogP contribution in [0, 0.1) is 28.6 Å². The Morgan fingerprint density at radius 2 is 1.02 bits per heavy atom. The molecule has 380 valence electrons. The van der Waals surface area contributed by atoms with E-state index < -0.39 is 6.10 Å². The minimum absolute atomic E-state index is 0.00582. The molecule has 4 rings (SSSR count). The van der Waals surface area contributed by atoms with E-state index in [0.717, 1.165) is 83.5 Å². The zero-order valence-corrected chi connectivity index (χ0v) is 43.2. The van der Waals surface area contributed by atoms with Crippen LogP contribution in [0.5, 0.6) is 0 Å². The maximum atomic E-state index is 13.3. The zero-order valence-electron chi connectivity index (χ0n) is 43.2. The summed E-state index contributed by atoms with van der Waals surface area (Å²) in [6.45, 7) is 9.67. The third-order valence-corrected chi connectivity index (χ3v) is 16.9. The smallest absolute Gasteiger partial charge is 0.306 e. The highest BCUT2D eigenvalue weighted by atomic mass is 16.6. The summed E-state index contributed by atoms with van der Waals surface area (Å²) in [5, 5.41) is 0. The van der Waals surface area contributed by atoms with Crippen molar-refractivity contribution >= 4 is 23.7 Å². The van der Waals surface area contributed by atoms with Crippen LogP contribution >= 0.6 is 0 Å². The predicted octanol–water partition coefficient (Wildman–Crippen LogP) is 15.6. The number of ketones is 1. The first kappa shape index (κ1) is 56.4. The van der Waals surface area contributed by atoms with Crippen LogP contribution in [-0.2, 0) is 38.1 Å². The van der Waals surface area contributed by atoms with Crippen LogP contribution in [0.25, 0.3) is 0 Å². The molecule has 0 saturated heterocycles. The Bertz CT molecular complexity index is 1360. The van der Waals surface area contributed by atoms with Crippen molar-refractivity contribution in [2.45, 2.75) is 284 Å². The van der Waals surface area contributed by atoms with Gasteiger partial charge in [-0.25, -0.2) is 0 Å². The van der Waals surface area contributed by atoms with E-state index in [9.17, 15) is 19.2 Å². The largest absolute Gasteiger partial charge is 0.463 e. The van der Waals surface area contributed by atoms with Gasteiger partial charge in [-0.05, 0) is 93.5 Å². The molecule has 8 nitrogen and oxygen atoms in total. The Morgan fingerprint density at radius 3 is 1.52 bits per heavy atom. The van der Waals surface area contributed by atoms with Crippen molar-refractivity contribution in [3.8, 4) is 0 Å². The Balaban J connectivity index is 1.12. The molecule has 6 atom stereocenters. The molecule has 4 aliphatic carbocycles. The van der Waals surface area contributed by atoms with E-state index in [4.69, 9.17) is 18.9 Å². The van der Waals surface area contributed by atoms with Crippen molar-refractivity contribution in [3.05, 3.63) is 11.6 Å². The number of carbonyl (C=O) groups excluding carboxylic acids is 4. The minimum atomic E-state index is -0.577. The summed E-state index contributed by atoms with van der Waals surface area (Å²) < 4.78 is 23.8. The third kappa shape index (κ3) is 20.0. The van der Waals surface area contributed by atoms with Crippen LogP contribution in [-0.4, -0.2) is 55.7 Å². The molecule has 4 aliphatic rings. The highest BCUT2D eigenvalue weighted by Gasteiger charge is 2.60. The molecule has 0 aromatic rings. The average Bonchev–Trinajstić information content (AvgIpc) is 3.64. The Labute approximate surface area is 404 Å². The van der Waals surface area contributed by atoms with Gasteiger partial charge >= 0.3 is 17.9 Å². The molecular weight excluding hydrogens is 825 g/mol. The van der Waals surface area contributed by atoms with Crippen LogP contribution in [0.1, 0.15) is 272 Å². The summed E-state index contributed by atoms with van der Waals surface area (Å²) in [5.41, 5.74) is 1.52. The second-order valence-corrected chi connectivity index (χ2v) is 22.0. The van der Waals surface area contributed by atoms with Gasteiger partial charge in [-0.15, -0.1) is 0 Å². The van der Waals surface area contributed by atoms with Gasteiger partial charge in [0, 0.05) is 37.7 Å². The van der Waals surface area contributed by atoms with E-state index in [-0.39, 0.29) is 61.1 Å². The molecule has 0 aromatic heterocycles. The molecule has 3 saturated carbocycles. The second kappa shape index (κ2) is 32.6. The fourth-order valence-corrected chi connectivity index (χ4v) is 12.6. The topological polar surface area (TPSA) is 105 Å². The normalized spacial score (nSPS) is 24.7. The number of fused-ring (bicyclic) bond motifs is 5. The van der Waals surface area contributed by atoms with Gasteiger partial charge in [0.25, 0.3) is 0 Å².